The molecule has 98 valence electrons. The Labute approximate surface area is 122 Å². The quantitative estimate of drug-likeness (QED) is 0.665. The first-order chi connectivity index (χ1) is 9.15. The maximum atomic E-state index is 11.6. The van der Waals surface area contributed by atoms with Gasteiger partial charge in [-0.3, -0.25) is 4.79 Å². The smallest absolute Gasteiger partial charge is 0.245 e. The first kappa shape index (κ1) is 13.8. The van der Waals surface area contributed by atoms with Gasteiger partial charge in [-0.15, -0.1) is 11.3 Å². The second-order valence-electron chi connectivity index (χ2n) is 3.75. The Morgan fingerprint density at radius 1 is 1.47 bits per heavy atom. The lowest BCUT2D eigenvalue weighted by Crippen LogP contribution is -2.19. The molecule has 0 aliphatic carbocycles. The van der Waals surface area contributed by atoms with Crippen molar-refractivity contribution in [2.24, 2.45) is 5.10 Å². The van der Waals surface area contributed by atoms with Gasteiger partial charge >= 0.3 is 0 Å². The summed E-state index contributed by atoms with van der Waals surface area (Å²) in [4.78, 5) is 12.5. The van der Waals surface area contributed by atoms with Crippen molar-refractivity contribution in [2.75, 3.05) is 0 Å². The van der Waals surface area contributed by atoms with Gasteiger partial charge in [0.1, 0.15) is 5.75 Å². The van der Waals surface area contributed by atoms with Crippen LogP contribution in [0.3, 0.4) is 0 Å². The van der Waals surface area contributed by atoms with Gasteiger partial charge in [-0.1, -0.05) is 22.0 Å². The summed E-state index contributed by atoms with van der Waals surface area (Å²) in [6, 6.07) is 8.79. The standard InChI is InChI=1S/C13H11BrN2O2S/c14-10-3-4-12(17)9(6-10)8-15-16-13(18)7-11-2-1-5-19-11/h1-6,8,17H,7H2,(H,16,18)/b15-8+. The van der Waals surface area contributed by atoms with E-state index in [2.05, 4.69) is 26.5 Å². The van der Waals surface area contributed by atoms with Crippen LogP contribution in [0.1, 0.15) is 10.4 Å². The van der Waals surface area contributed by atoms with E-state index in [-0.39, 0.29) is 11.7 Å². The number of aromatic hydroxyl groups is 1. The van der Waals surface area contributed by atoms with Crippen LogP contribution in [0.15, 0.2) is 45.3 Å². The third-order valence-electron chi connectivity index (χ3n) is 2.30. The van der Waals surface area contributed by atoms with E-state index < -0.39 is 0 Å². The summed E-state index contributed by atoms with van der Waals surface area (Å²) in [7, 11) is 0. The number of nitrogens with zero attached hydrogens (tertiary/aromatic N) is 1. The molecule has 0 saturated carbocycles. The van der Waals surface area contributed by atoms with Crippen LogP contribution in [0.25, 0.3) is 0 Å². The van der Waals surface area contributed by atoms with Crippen LogP contribution in [-0.4, -0.2) is 17.2 Å². The van der Waals surface area contributed by atoms with Crippen molar-refractivity contribution >= 4 is 39.4 Å². The minimum Gasteiger partial charge on any atom is -0.507 e. The maximum Gasteiger partial charge on any atom is 0.245 e. The third-order valence-corrected chi connectivity index (χ3v) is 3.67. The van der Waals surface area contributed by atoms with Crippen molar-refractivity contribution in [2.45, 2.75) is 6.42 Å². The number of carbonyl (C=O) groups excluding carboxylic acids is 1. The number of nitrogens with one attached hydrogen (secondary N) is 1. The number of thiophene rings is 1. The zero-order chi connectivity index (χ0) is 13.7. The Morgan fingerprint density at radius 3 is 3.05 bits per heavy atom. The van der Waals surface area contributed by atoms with Gasteiger partial charge in [0.05, 0.1) is 12.6 Å². The van der Waals surface area contributed by atoms with E-state index in [0.717, 1.165) is 9.35 Å². The van der Waals surface area contributed by atoms with Crippen LogP contribution >= 0.6 is 27.3 Å². The number of amides is 1. The predicted octanol–water partition coefficient (Wildman–Crippen LogP) is 2.91. The Kier molecular flexibility index (Phi) is 4.70. The van der Waals surface area contributed by atoms with Crippen molar-refractivity contribution in [3.63, 3.8) is 0 Å². The summed E-state index contributed by atoms with van der Waals surface area (Å²) in [5.41, 5.74) is 2.96. The van der Waals surface area contributed by atoms with Crippen molar-refractivity contribution in [3.8, 4) is 5.75 Å². The van der Waals surface area contributed by atoms with Crippen LogP contribution in [0, 0.1) is 0 Å². The molecule has 1 heterocycles. The van der Waals surface area contributed by atoms with Gasteiger partial charge in [0.25, 0.3) is 0 Å². The molecule has 0 fully saturated rings. The van der Waals surface area contributed by atoms with E-state index in [1.807, 2.05) is 17.5 Å². The first-order valence-corrected chi connectivity index (χ1v) is 7.15. The SMILES string of the molecule is O=C(Cc1cccs1)N/N=C/c1cc(Br)ccc1O. The van der Waals surface area contributed by atoms with Crippen LogP contribution < -0.4 is 5.43 Å². The maximum absolute atomic E-state index is 11.6. The average Bonchev–Trinajstić information content (AvgIpc) is 2.86. The molecule has 2 N–H and O–H groups in total. The highest BCUT2D eigenvalue weighted by Crippen LogP contribution is 2.19. The van der Waals surface area contributed by atoms with Crippen molar-refractivity contribution < 1.29 is 9.90 Å². The molecule has 1 aromatic carbocycles. The Hall–Kier alpha value is -1.66. The zero-order valence-electron chi connectivity index (χ0n) is 9.84. The molecule has 0 atom stereocenters. The molecule has 4 nitrogen and oxygen atoms in total. The average molecular weight is 339 g/mol. The predicted molar refractivity (Wildman–Crippen MR) is 79.6 cm³/mol. The molecular formula is C13H11BrN2O2S. The van der Waals surface area contributed by atoms with Gasteiger partial charge < -0.3 is 5.11 Å². The summed E-state index contributed by atoms with van der Waals surface area (Å²) in [5, 5.41) is 15.3. The second kappa shape index (κ2) is 6.49. The molecule has 2 rings (SSSR count). The van der Waals surface area contributed by atoms with Gasteiger partial charge in [0, 0.05) is 14.9 Å². The highest BCUT2D eigenvalue weighted by molar-refractivity contribution is 9.10. The number of phenols is 1. The van der Waals surface area contributed by atoms with Crippen molar-refractivity contribution in [3.05, 3.63) is 50.6 Å². The van der Waals surface area contributed by atoms with E-state index in [9.17, 15) is 9.90 Å². The topological polar surface area (TPSA) is 61.7 Å². The number of phenolic OH excluding ortho intramolecular Hbond substituents is 1. The molecule has 6 heteroatoms. The monoisotopic (exact) mass is 338 g/mol. The summed E-state index contributed by atoms with van der Waals surface area (Å²) in [6.45, 7) is 0. The molecule has 1 aromatic heterocycles. The van der Waals surface area contributed by atoms with Crippen LogP contribution in [-0.2, 0) is 11.2 Å². The van der Waals surface area contributed by atoms with Crippen LogP contribution in [0.2, 0.25) is 0 Å². The number of hydrogen-bond donors (Lipinski definition) is 2. The van der Waals surface area contributed by atoms with E-state index in [1.165, 1.54) is 17.6 Å². The summed E-state index contributed by atoms with van der Waals surface area (Å²) >= 11 is 4.82. The molecule has 0 unspecified atom stereocenters. The minimum atomic E-state index is -0.187. The normalized spacial score (nSPS) is 10.8. The lowest BCUT2D eigenvalue weighted by molar-refractivity contribution is -0.120. The number of carbonyl (C=O) groups is 1. The van der Waals surface area contributed by atoms with E-state index in [0.29, 0.717) is 12.0 Å². The number of hydrazone groups is 1. The van der Waals surface area contributed by atoms with E-state index >= 15 is 0 Å². The largest absolute Gasteiger partial charge is 0.507 e. The molecular weight excluding hydrogens is 328 g/mol. The second-order valence-corrected chi connectivity index (χ2v) is 5.70. The Morgan fingerprint density at radius 2 is 2.32 bits per heavy atom. The number of benzene rings is 1. The summed E-state index contributed by atoms with van der Waals surface area (Å²) < 4.78 is 0.830. The summed E-state index contributed by atoms with van der Waals surface area (Å²) in [5.74, 6) is -0.0763. The Balaban J connectivity index is 1.92. The Bertz CT molecular complexity index is 597. The fraction of sp³-hybridized carbons (Fsp3) is 0.0769. The molecule has 0 aliphatic rings. The highest BCUT2D eigenvalue weighted by Gasteiger charge is 2.03. The summed E-state index contributed by atoms with van der Waals surface area (Å²) in [6.07, 6.45) is 1.71. The third kappa shape index (κ3) is 4.18. The van der Waals surface area contributed by atoms with Crippen molar-refractivity contribution in [1.29, 1.82) is 0 Å². The molecule has 0 radical (unpaired) electrons. The minimum absolute atomic E-state index is 0.111. The first-order valence-electron chi connectivity index (χ1n) is 5.48. The molecule has 19 heavy (non-hydrogen) atoms. The zero-order valence-corrected chi connectivity index (χ0v) is 12.2. The van der Waals surface area contributed by atoms with Gasteiger partial charge in [-0.2, -0.15) is 5.10 Å². The number of rotatable bonds is 4. The van der Waals surface area contributed by atoms with Gasteiger partial charge in [-0.05, 0) is 29.6 Å². The lowest BCUT2D eigenvalue weighted by Gasteiger charge is -2.00. The lowest BCUT2D eigenvalue weighted by atomic mass is 10.2. The van der Waals surface area contributed by atoms with Gasteiger partial charge in [-0.25, -0.2) is 5.43 Å². The molecule has 0 aliphatic heterocycles. The van der Waals surface area contributed by atoms with Crippen molar-refractivity contribution in [1.82, 2.24) is 5.43 Å². The number of halogens is 1. The molecule has 0 bridgehead atoms. The van der Waals surface area contributed by atoms with Crippen LogP contribution in [0.5, 0.6) is 5.75 Å². The van der Waals surface area contributed by atoms with E-state index in [1.54, 1.807) is 18.2 Å². The molecule has 0 saturated heterocycles. The number of hydrogen-bond acceptors (Lipinski definition) is 4. The van der Waals surface area contributed by atoms with Crippen LogP contribution in [0.4, 0.5) is 0 Å². The van der Waals surface area contributed by atoms with Gasteiger partial charge in [0.15, 0.2) is 0 Å². The molecule has 1 amide bonds. The molecule has 2 aromatic rings. The fourth-order valence-corrected chi connectivity index (χ4v) is 2.50. The highest BCUT2D eigenvalue weighted by atomic mass is 79.9. The van der Waals surface area contributed by atoms with Gasteiger partial charge in [0.2, 0.25) is 5.91 Å². The fourth-order valence-electron chi connectivity index (χ4n) is 1.41. The molecule has 0 spiro atoms. The van der Waals surface area contributed by atoms with E-state index in [4.69, 9.17) is 0 Å².